The molecule has 4 heteroatoms. The lowest BCUT2D eigenvalue weighted by Crippen LogP contribution is -2.28. The van der Waals surface area contributed by atoms with Crippen LogP contribution in [0.3, 0.4) is 0 Å². The van der Waals surface area contributed by atoms with Crippen molar-refractivity contribution in [3.05, 3.63) is 12.2 Å². The van der Waals surface area contributed by atoms with E-state index in [1.54, 1.807) is 6.33 Å². The van der Waals surface area contributed by atoms with Gasteiger partial charge in [-0.15, -0.1) is 11.6 Å². The van der Waals surface area contributed by atoms with Crippen LogP contribution in [-0.2, 0) is 13.0 Å². The minimum atomic E-state index is 0.312. The van der Waals surface area contributed by atoms with Gasteiger partial charge >= 0.3 is 0 Å². The summed E-state index contributed by atoms with van der Waals surface area (Å²) >= 11 is 6.52. The largest absolute Gasteiger partial charge is 0.250 e. The topological polar surface area (TPSA) is 30.7 Å². The van der Waals surface area contributed by atoms with Gasteiger partial charge in [0.25, 0.3) is 0 Å². The standard InChI is InChI=1S/C15H26ClN3/c1-4-12-5-6-14(16)13(7-12)8-15-17-10-18-19(15)9-11(2)3/h10-14H,4-9H2,1-3H3. The van der Waals surface area contributed by atoms with Crippen LogP contribution in [-0.4, -0.2) is 20.1 Å². The van der Waals surface area contributed by atoms with Gasteiger partial charge in [-0.1, -0.05) is 27.2 Å². The van der Waals surface area contributed by atoms with E-state index in [1.807, 2.05) is 0 Å². The summed E-state index contributed by atoms with van der Waals surface area (Å²) in [5, 5.41) is 4.66. The van der Waals surface area contributed by atoms with E-state index in [4.69, 9.17) is 11.6 Å². The van der Waals surface area contributed by atoms with Crippen molar-refractivity contribution in [1.29, 1.82) is 0 Å². The molecule has 19 heavy (non-hydrogen) atoms. The lowest BCUT2D eigenvalue weighted by atomic mass is 9.78. The maximum Gasteiger partial charge on any atom is 0.138 e. The molecular weight excluding hydrogens is 258 g/mol. The molecule has 0 N–H and O–H groups in total. The van der Waals surface area contributed by atoms with Crippen molar-refractivity contribution >= 4 is 11.6 Å². The Morgan fingerprint density at radius 1 is 1.42 bits per heavy atom. The SMILES string of the molecule is CCC1CCC(Cl)C(Cc2ncnn2CC(C)C)C1. The smallest absolute Gasteiger partial charge is 0.138 e. The summed E-state index contributed by atoms with van der Waals surface area (Å²) < 4.78 is 2.06. The van der Waals surface area contributed by atoms with Crippen molar-refractivity contribution in [2.75, 3.05) is 0 Å². The van der Waals surface area contributed by atoms with Crippen molar-refractivity contribution in [3.8, 4) is 0 Å². The van der Waals surface area contributed by atoms with E-state index < -0.39 is 0 Å². The van der Waals surface area contributed by atoms with E-state index in [2.05, 4.69) is 35.5 Å². The summed E-state index contributed by atoms with van der Waals surface area (Å²) in [5.41, 5.74) is 0. The Labute approximate surface area is 121 Å². The first kappa shape index (κ1) is 14.8. The summed E-state index contributed by atoms with van der Waals surface area (Å²) in [5.74, 6) is 3.13. The third-order valence-corrected chi connectivity index (χ3v) is 4.83. The summed E-state index contributed by atoms with van der Waals surface area (Å²) in [6.07, 6.45) is 7.64. The van der Waals surface area contributed by atoms with Gasteiger partial charge in [0.05, 0.1) is 0 Å². The second-order valence-electron chi connectivity index (χ2n) is 6.32. The zero-order valence-corrected chi connectivity index (χ0v) is 13.1. The second kappa shape index (κ2) is 6.74. The third-order valence-electron chi connectivity index (χ3n) is 4.25. The number of rotatable bonds is 5. The Morgan fingerprint density at radius 3 is 2.89 bits per heavy atom. The fourth-order valence-corrected chi connectivity index (χ4v) is 3.40. The van der Waals surface area contributed by atoms with Gasteiger partial charge < -0.3 is 0 Å². The predicted molar refractivity (Wildman–Crippen MR) is 79.3 cm³/mol. The molecule has 2 rings (SSSR count). The highest BCUT2D eigenvalue weighted by molar-refractivity contribution is 6.20. The minimum Gasteiger partial charge on any atom is -0.250 e. The highest BCUT2D eigenvalue weighted by Crippen LogP contribution is 2.36. The molecule has 3 atom stereocenters. The average molecular weight is 284 g/mol. The molecule has 1 saturated carbocycles. The highest BCUT2D eigenvalue weighted by Gasteiger charge is 2.29. The van der Waals surface area contributed by atoms with Gasteiger partial charge in [-0.3, -0.25) is 0 Å². The molecule has 0 aromatic carbocycles. The van der Waals surface area contributed by atoms with Gasteiger partial charge in [0, 0.05) is 18.3 Å². The van der Waals surface area contributed by atoms with Gasteiger partial charge in [0.2, 0.25) is 0 Å². The van der Waals surface area contributed by atoms with Gasteiger partial charge in [0.1, 0.15) is 12.2 Å². The van der Waals surface area contributed by atoms with Crippen LogP contribution >= 0.6 is 11.6 Å². The number of nitrogens with zero attached hydrogens (tertiary/aromatic N) is 3. The van der Waals surface area contributed by atoms with Crippen LogP contribution in [0.1, 0.15) is 52.3 Å². The molecular formula is C15H26ClN3. The maximum atomic E-state index is 6.52. The molecule has 0 radical (unpaired) electrons. The van der Waals surface area contributed by atoms with Gasteiger partial charge in [-0.2, -0.15) is 5.10 Å². The zero-order valence-electron chi connectivity index (χ0n) is 12.3. The molecule has 0 amide bonds. The molecule has 1 fully saturated rings. The van der Waals surface area contributed by atoms with Crippen molar-refractivity contribution in [3.63, 3.8) is 0 Å². The summed E-state index contributed by atoms with van der Waals surface area (Å²) in [7, 11) is 0. The molecule has 108 valence electrons. The first-order valence-electron chi connectivity index (χ1n) is 7.60. The fraction of sp³-hybridized carbons (Fsp3) is 0.867. The molecule has 1 aromatic heterocycles. The van der Waals surface area contributed by atoms with E-state index in [0.717, 1.165) is 31.1 Å². The molecule has 1 aromatic rings. The summed E-state index contributed by atoms with van der Waals surface area (Å²) in [6, 6.07) is 0. The van der Waals surface area contributed by atoms with Gasteiger partial charge in [-0.25, -0.2) is 9.67 Å². The predicted octanol–water partition coefficient (Wildman–Crippen LogP) is 3.91. The minimum absolute atomic E-state index is 0.312. The van der Waals surface area contributed by atoms with E-state index in [1.165, 1.54) is 19.3 Å². The van der Waals surface area contributed by atoms with Gasteiger partial charge in [-0.05, 0) is 37.0 Å². The molecule has 0 aliphatic heterocycles. The maximum absolute atomic E-state index is 6.52. The van der Waals surface area contributed by atoms with E-state index >= 15 is 0 Å². The van der Waals surface area contributed by atoms with E-state index in [-0.39, 0.29) is 0 Å². The number of aromatic nitrogens is 3. The summed E-state index contributed by atoms with van der Waals surface area (Å²) in [6.45, 7) is 7.66. The molecule has 1 aliphatic rings. The lowest BCUT2D eigenvalue weighted by molar-refractivity contribution is 0.259. The van der Waals surface area contributed by atoms with Crippen LogP contribution in [0.2, 0.25) is 0 Å². The molecule has 3 unspecified atom stereocenters. The molecule has 3 nitrogen and oxygen atoms in total. The monoisotopic (exact) mass is 283 g/mol. The molecule has 1 aliphatic carbocycles. The van der Waals surface area contributed by atoms with Crippen molar-refractivity contribution in [2.45, 2.75) is 64.8 Å². The first-order chi connectivity index (χ1) is 9.10. The van der Waals surface area contributed by atoms with Crippen molar-refractivity contribution in [2.24, 2.45) is 17.8 Å². The van der Waals surface area contributed by atoms with Crippen LogP contribution in [0.5, 0.6) is 0 Å². The highest BCUT2D eigenvalue weighted by atomic mass is 35.5. The molecule has 0 spiro atoms. The Morgan fingerprint density at radius 2 is 2.21 bits per heavy atom. The third kappa shape index (κ3) is 3.95. The van der Waals surface area contributed by atoms with Crippen LogP contribution in [0.15, 0.2) is 6.33 Å². The Hall–Kier alpha value is -0.570. The number of hydrogen-bond acceptors (Lipinski definition) is 2. The average Bonchev–Trinajstić information content (AvgIpc) is 2.78. The zero-order chi connectivity index (χ0) is 13.8. The number of alkyl halides is 1. The second-order valence-corrected chi connectivity index (χ2v) is 6.88. The van der Waals surface area contributed by atoms with Gasteiger partial charge in [0.15, 0.2) is 0 Å². The number of halogens is 1. The normalized spacial score (nSPS) is 27.9. The lowest BCUT2D eigenvalue weighted by Gasteiger charge is -2.32. The Balaban J connectivity index is 2.01. The fourth-order valence-electron chi connectivity index (χ4n) is 3.09. The molecule has 0 bridgehead atoms. The molecule has 1 heterocycles. The Bertz CT molecular complexity index is 388. The van der Waals surface area contributed by atoms with Crippen LogP contribution < -0.4 is 0 Å². The molecule has 0 saturated heterocycles. The van der Waals surface area contributed by atoms with Crippen LogP contribution in [0.4, 0.5) is 0 Å². The van der Waals surface area contributed by atoms with Crippen LogP contribution in [0, 0.1) is 17.8 Å². The van der Waals surface area contributed by atoms with Crippen LogP contribution in [0.25, 0.3) is 0 Å². The van der Waals surface area contributed by atoms with E-state index in [9.17, 15) is 0 Å². The summed E-state index contributed by atoms with van der Waals surface area (Å²) in [4.78, 5) is 4.44. The number of hydrogen-bond donors (Lipinski definition) is 0. The van der Waals surface area contributed by atoms with Crippen molar-refractivity contribution in [1.82, 2.24) is 14.8 Å². The van der Waals surface area contributed by atoms with E-state index in [0.29, 0.717) is 17.2 Å². The van der Waals surface area contributed by atoms with Crippen molar-refractivity contribution < 1.29 is 0 Å². The Kier molecular flexibility index (Phi) is 5.26. The quantitative estimate of drug-likeness (QED) is 0.767. The first-order valence-corrected chi connectivity index (χ1v) is 8.04.